The van der Waals surface area contributed by atoms with Gasteiger partial charge >= 0.3 is 10.2 Å². The molecule has 0 saturated carbocycles. The molecule has 0 saturated heterocycles. The van der Waals surface area contributed by atoms with Gasteiger partial charge < -0.3 is 0 Å². The first-order valence-electron chi connectivity index (χ1n) is 3.25. The molecule has 1 aromatic rings. The molecule has 0 aliphatic rings. The van der Waals surface area contributed by atoms with Gasteiger partial charge in [-0.05, 0) is 6.07 Å². The average Bonchev–Trinajstić information content (AvgIpc) is 1.93. The Morgan fingerprint density at radius 1 is 1.23 bits per heavy atom. The zero-order chi connectivity index (χ0) is 10.1. The van der Waals surface area contributed by atoms with Gasteiger partial charge in [-0.15, -0.1) is 3.89 Å². The molecule has 0 aliphatic carbocycles. The Bertz CT molecular complexity index is 414. The van der Waals surface area contributed by atoms with E-state index in [0.717, 1.165) is 12.1 Å². The van der Waals surface area contributed by atoms with Crippen molar-refractivity contribution in [2.24, 2.45) is 0 Å². The van der Waals surface area contributed by atoms with Gasteiger partial charge in [-0.2, -0.15) is 8.42 Å². The standard InChI is InChI=1S/C7H5F3O2S/c8-6-2-1-5(7(9)3-6)4-13(10,11)12/h1-3H,4H2. The van der Waals surface area contributed by atoms with E-state index in [1.165, 1.54) is 0 Å². The van der Waals surface area contributed by atoms with Gasteiger partial charge in [-0.3, -0.25) is 0 Å². The quantitative estimate of drug-likeness (QED) is 0.697. The predicted octanol–water partition coefficient (Wildman–Crippen LogP) is 1.76. The summed E-state index contributed by atoms with van der Waals surface area (Å²) in [6, 6.07) is 2.26. The van der Waals surface area contributed by atoms with Crippen molar-refractivity contribution >= 4 is 10.2 Å². The van der Waals surface area contributed by atoms with E-state index in [1.807, 2.05) is 0 Å². The fourth-order valence-electron chi connectivity index (χ4n) is 0.824. The van der Waals surface area contributed by atoms with Gasteiger partial charge in [0.2, 0.25) is 0 Å². The lowest BCUT2D eigenvalue weighted by molar-refractivity contribution is 0.543. The van der Waals surface area contributed by atoms with Crippen LogP contribution in [0.4, 0.5) is 12.7 Å². The molecule has 1 rings (SSSR count). The van der Waals surface area contributed by atoms with E-state index >= 15 is 0 Å². The Labute approximate surface area is 73.2 Å². The van der Waals surface area contributed by atoms with Crippen LogP contribution in [0.3, 0.4) is 0 Å². The topological polar surface area (TPSA) is 34.1 Å². The van der Waals surface area contributed by atoms with Crippen molar-refractivity contribution in [3.63, 3.8) is 0 Å². The highest BCUT2D eigenvalue weighted by Crippen LogP contribution is 2.13. The molecule has 0 aliphatic heterocycles. The summed E-state index contributed by atoms with van der Waals surface area (Å²) in [5.41, 5.74) is -0.385. The first kappa shape index (κ1) is 10.0. The molecule has 0 bridgehead atoms. The second-order valence-electron chi connectivity index (χ2n) is 2.42. The summed E-state index contributed by atoms with van der Waals surface area (Å²) < 4.78 is 57.3. The number of rotatable bonds is 2. The summed E-state index contributed by atoms with van der Waals surface area (Å²) in [7, 11) is -4.77. The summed E-state index contributed by atoms with van der Waals surface area (Å²) >= 11 is 0. The average molecular weight is 210 g/mol. The minimum absolute atomic E-state index is 0.385. The molecule has 1 aromatic carbocycles. The number of hydrogen-bond donors (Lipinski definition) is 0. The smallest absolute Gasteiger partial charge is 0.207 e. The highest BCUT2D eigenvalue weighted by molar-refractivity contribution is 7.85. The molecule has 0 unspecified atom stereocenters. The van der Waals surface area contributed by atoms with Crippen molar-refractivity contribution in [1.29, 1.82) is 0 Å². The molecule has 0 spiro atoms. The number of hydrogen-bond acceptors (Lipinski definition) is 2. The zero-order valence-electron chi connectivity index (χ0n) is 6.30. The summed E-state index contributed by atoms with van der Waals surface area (Å²) in [6.45, 7) is 0. The summed E-state index contributed by atoms with van der Waals surface area (Å²) in [6.07, 6.45) is 0. The van der Waals surface area contributed by atoms with Crippen LogP contribution in [0.25, 0.3) is 0 Å². The van der Waals surface area contributed by atoms with E-state index in [9.17, 15) is 21.1 Å². The van der Waals surface area contributed by atoms with Gasteiger partial charge in [-0.1, -0.05) is 6.07 Å². The van der Waals surface area contributed by atoms with Crippen molar-refractivity contribution in [2.75, 3.05) is 0 Å². The third-order valence-electron chi connectivity index (χ3n) is 1.34. The van der Waals surface area contributed by atoms with Gasteiger partial charge in [-0.25, -0.2) is 8.78 Å². The maximum absolute atomic E-state index is 12.7. The molecule has 0 aromatic heterocycles. The van der Waals surface area contributed by atoms with Crippen LogP contribution >= 0.6 is 0 Å². The molecule has 2 nitrogen and oxygen atoms in total. The number of halogens is 3. The minimum Gasteiger partial charge on any atom is -0.207 e. The molecule has 0 amide bonds. The first-order valence-corrected chi connectivity index (χ1v) is 4.80. The largest absolute Gasteiger partial charge is 0.306 e. The fourth-order valence-corrected chi connectivity index (χ4v) is 1.43. The van der Waals surface area contributed by atoms with Gasteiger partial charge in [0.25, 0.3) is 0 Å². The molecule has 0 heterocycles. The maximum atomic E-state index is 12.7. The summed E-state index contributed by atoms with van der Waals surface area (Å²) in [4.78, 5) is 0. The van der Waals surface area contributed by atoms with Crippen LogP contribution in [0.1, 0.15) is 5.56 Å². The fraction of sp³-hybridized carbons (Fsp3) is 0.143. The maximum Gasteiger partial charge on any atom is 0.306 e. The zero-order valence-corrected chi connectivity index (χ0v) is 7.11. The SMILES string of the molecule is O=S(=O)(F)Cc1ccc(F)cc1F. The molecule has 13 heavy (non-hydrogen) atoms. The third kappa shape index (κ3) is 3.06. The van der Waals surface area contributed by atoms with E-state index in [4.69, 9.17) is 0 Å². The Hall–Kier alpha value is -1.04. The summed E-state index contributed by atoms with van der Waals surface area (Å²) in [5, 5.41) is 0. The van der Waals surface area contributed by atoms with Gasteiger partial charge in [0, 0.05) is 11.6 Å². The highest BCUT2D eigenvalue weighted by Gasteiger charge is 2.13. The molecular weight excluding hydrogens is 205 g/mol. The van der Waals surface area contributed by atoms with Crippen molar-refractivity contribution in [3.8, 4) is 0 Å². The van der Waals surface area contributed by atoms with Crippen LogP contribution < -0.4 is 0 Å². The summed E-state index contributed by atoms with van der Waals surface area (Å²) in [5.74, 6) is -2.97. The van der Waals surface area contributed by atoms with Crippen LogP contribution in [0, 0.1) is 11.6 Å². The molecule has 0 atom stereocenters. The number of benzene rings is 1. The normalized spacial score (nSPS) is 11.6. The lowest BCUT2D eigenvalue weighted by Gasteiger charge is -1.98. The molecule has 72 valence electrons. The van der Waals surface area contributed by atoms with Crippen molar-refractivity contribution < 1.29 is 21.1 Å². The third-order valence-corrected chi connectivity index (χ3v) is 2.00. The van der Waals surface area contributed by atoms with E-state index in [0.29, 0.717) is 6.07 Å². The second kappa shape index (κ2) is 3.37. The van der Waals surface area contributed by atoms with E-state index in [2.05, 4.69) is 0 Å². The first-order chi connectivity index (χ1) is 5.88. The van der Waals surface area contributed by atoms with Crippen molar-refractivity contribution in [1.82, 2.24) is 0 Å². The van der Waals surface area contributed by atoms with E-state index < -0.39 is 27.6 Å². The molecule has 6 heteroatoms. The Balaban J connectivity index is 3.04. The van der Waals surface area contributed by atoms with Gasteiger partial charge in [0.05, 0.1) is 0 Å². The van der Waals surface area contributed by atoms with Crippen molar-refractivity contribution in [2.45, 2.75) is 5.75 Å². The van der Waals surface area contributed by atoms with E-state index in [-0.39, 0.29) is 5.56 Å². The Kier molecular flexibility index (Phi) is 2.60. The lowest BCUT2D eigenvalue weighted by Crippen LogP contribution is -1.99. The van der Waals surface area contributed by atoms with Gasteiger partial charge in [0.1, 0.15) is 17.4 Å². The second-order valence-corrected chi connectivity index (χ2v) is 3.79. The molecule has 0 N–H and O–H groups in total. The predicted molar refractivity (Wildman–Crippen MR) is 40.1 cm³/mol. The molecule has 0 radical (unpaired) electrons. The molecule has 0 fully saturated rings. The Morgan fingerprint density at radius 3 is 2.31 bits per heavy atom. The molecular formula is C7H5F3O2S. The van der Waals surface area contributed by atoms with E-state index in [1.54, 1.807) is 0 Å². The monoisotopic (exact) mass is 210 g/mol. The lowest BCUT2D eigenvalue weighted by atomic mass is 10.2. The van der Waals surface area contributed by atoms with Crippen molar-refractivity contribution in [3.05, 3.63) is 35.4 Å². The van der Waals surface area contributed by atoms with Crippen LogP contribution in [0.2, 0.25) is 0 Å². The van der Waals surface area contributed by atoms with Crippen LogP contribution in [-0.4, -0.2) is 8.42 Å². The van der Waals surface area contributed by atoms with Gasteiger partial charge in [0.15, 0.2) is 0 Å². The van der Waals surface area contributed by atoms with Crippen LogP contribution in [-0.2, 0) is 16.0 Å². The van der Waals surface area contributed by atoms with Crippen LogP contribution in [0.15, 0.2) is 18.2 Å². The highest BCUT2D eigenvalue weighted by atomic mass is 32.3. The minimum atomic E-state index is -4.77. The Morgan fingerprint density at radius 2 is 1.85 bits per heavy atom. The van der Waals surface area contributed by atoms with Crippen LogP contribution in [0.5, 0.6) is 0 Å².